The normalized spacial score (nSPS) is 16.8. The number of rotatable bonds is 7. The number of anilines is 1. The summed E-state index contributed by atoms with van der Waals surface area (Å²) >= 11 is 18.1. The van der Waals surface area contributed by atoms with Gasteiger partial charge in [-0.15, -0.1) is 0 Å². The van der Waals surface area contributed by atoms with E-state index in [2.05, 4.69) is 15.6 Å². The van der Waals surface area contributed by atoms with Crippen molar-refractivity contribution in [3.05, 3.63) is 119 Å². The summed E-state index contributed by atoms with van der Waals surface area (Å²) in [6, 6.07) is 28.2. The highest BCUT2D eigenvalue weighted by Gasteiger charge is 2.41. The smallest absolute Gasteiger partial charge is 0.226 e. The summed E-state index contributed by atoms with van der Waals surface area (Å²) < 4.78 is 6.36. The number of furan rings is 1. The fraction of sp³-hybridized carbons (Fsp3) is 0.129. The molecule has 2 aromatic heterocycles. The molecular formula is C31H24Cl2N4O2S. The van der Waals surface area contributed by atoms with E-state index in [4.69, 9.17) is 39.8 Å². The SMILES string of the molecule is O=C(CCN1C(=S)N[C@@H](c2ccccn2)[C@H]1c1ccc(-c2ccc(Cl)c(Cl)c2)o1)Nc1cccc2ccccc12. The highest BCUT2D eigenvalue weighted by atomic mass is 35.5. The van der Waals surface area contributed by atoms with Gasteiger partial charge in [0.25, 0.3) is 0 Å². The minimum absolute atomic E-state index is 0.102. The van der Waals surface area contributed by atoms with Gasteiger partial charge in [-0.3, -0.25) is 9.78 Å². The molecule has 0 unspecified atom stereocenters. The van der Waals surface area contributed by atoms with Crippen LogP contribution in [0.2, 0.25) is 10.0 Å². The first kappa shape index (κ1) is 26.3. The van der Waals surface area contributed by atoms with E-state index >= 15 is 0 Å². The fourth-order valence-corrected chi connectivity index (χ4v) is 5.67. The topological polar surface area (TPSA) is 70.4 Å². The maximum absolute atomic E-state index is 13.1. The van der Waals surface area contributed by atoms with E-state index in [0.717, 1.165) is 27.7 Å². The average Bonchev–Trinajstić information content (AvgIpc) is 3.58. The Kier molecular flexibility index (Phi) is 7.43. The van der Waals surface area contributed by atoms with Crippen molar-refractivity contribution in [1.29, 1.82) is 0 Å². The number of benzene rings is 3. The third kappa shape index (κ3) is 5.28. The molecule has 3 aromatic carbocycles. The maximum atomic E-state index is 13.1. The van der Waals surface area contributed by atoms with Gasteiger partial charge in [0.05, 0.1) is 21.8 Å². The minimum Gasteiger partial charge on any atom is -0.459 e. The molecular weight excluding hydrogens is 563 g/mol. The Hall–Kier alpha value is -3.91. The first-order valence-electron chi connectivity index (χ1n) is 12.8. The van der Waals surface area contributed by atoms with Crippen LogP contribution >= 0.6 is 35.4 Å². The Balaban J connectivity index is 1.26. The van der Waals surface area contributed by atoms with Crippen molar-refractivity contribution < 1.29 is 9.21 Å². The third-order valence-electron chi connectivity index (χ3n) is 6.96. The molecule has 0 saturated carbocycles. The number of nitrogens with zero attached hydrogens (tertiary/aromatic N) is 2. The van der Waals surface area contributed by atoms with Gasteiger partial charge < -0.3 is 20.0 Å². The molecule has 200 valence electrons. The molecule has 2 atom stereocenters. The molecule has 1 aliphatic rings. The zero-order valence-electron chi connectivity index (χ0n) is 21.2. The number of amides is 1. The van der Waals surface area contributed by atoms with E-state index < -0.39 is 0 Å². The van der Waals surface area contributed by atoms with Crippen LogP contribution < -0.4 is 10.6 Å². The first-order chi connectivity index (χ1) is 19.5. The zero-order valence-corrected chi connectivity index (χ0v) is 23.5. The van der Waals surface area contributed by atoms with Crippen molar-refractivity contribution in [2.75, 3.05) is 11.9 Å². The molecule has 1 fully saturated rings. The molecule has 6 nitrogen and oxygen atoms in total. The van der Waals surface area contributed by atoms with E-state index in [1.54, 1.807) is 18.3 Å². The van der Waals surface area contributed by atoms with Crippen LogP contribution in [-0.2, 0) is 4.79 Å². The Labute approximate surface area is 246 Å². The molecule has 0 radical (unpaired) electrons. The van der Waals surface area contributed by atoms with Gasteiger partial charge in [0.2, 0.25) is 5.91 Å². The zero-order chi connectivity index (χ0) is 27.6. The predicted molar refractivity (Wildman–Crippen MR) is 164 cm³/mol. The van der Waals surface area contributed by atoms with Crippen LogP contribution in [0, 0.1) is 0 Å². The van der Waals surface area contributed by atoms with Gasteiger partial charge in [0, 0.05) is 35.8 Å². The summed E-state index contributed by atoms with van der Waals surface area (Å²) in [5.74, 6) is 1.24. The lowest BCUT2D eigenvalue weighted by Crippen LogP contribution is -2.32. The van der Waals surface area contributed by atoms with Crippen molar-refractivity contribution in [2.24, 2.45) is 0 Å². The number of hydrogen-bond donors (Lipinski definition) is 2. The predicted octanol–water partition coefficient (Wildman–Crippen LogP) is 7.80. The quantitative estimate of drug-likeness (QED) is 0.189. The van der Waals surface area contributed by atoms with Gasteiger partial charge >= 0.3 is 0 Å². The largest absolute Gasteiger partial charge is 0.459 e. The van der Waals surface area contributed by atoms with Crippen LogP contribution in [0.15, 0.2) is 102 Å². The molecule has 1 amide bonds. The number of halogens is 2. The average molecular weight is 588 g/mol. The summed E-state index contributed by atoms with van der Waals surface area (Å²) in [4.78, 5) is 19.7. The molecule has 5 aromatic rings. The molecule has 3 heterocycles. The summed E-state index contributed by atoms with van der Waals surface area (Å²) in [5, 5.41) is 9.99. The molecule has 9 heteroatoms. The number of pyridine rings is 1. The van der Waals surface area contributed by atoms with Gasteiger partial charge in [-0.2, -0.15) is 0 Å². The Morgan fingerprint density at radius 1 is 0.975 bits per heavy atom. The molecule has 0 bridgehead atoms. The highest BCUT2D eigenvalue weighted by molar-refractivity contribution is 7.80. The standard InChI is InChI=1S/C31H24Cl2N4O2S/c32-22-12-11-20(18-23(22)33)26-13-14-27(39-26)30-29(25-9-3-4-16-34-25)36-31(40)37(30)17-15-28(38)35-24-10-5-7-19-6-1-2-8-21(19)24/h1-14,16,18,29-30H,15,17H2,(H,35,38)(H,36,40)/t29-,30+/m0/s1. The van der Waals surface area contributed by atoms with Crippen LogP contribution in [0.25, 0.3) is 22.1 Å². The Morgan fingerprint density at radius 3 is 2.62 bits per heavy atom. The van der Waals surface area contributed by atoms with E-state index in [1.165, 1.54) is 0 Å². The first-order valence-corrected chi connectivity index (χ1v) is 14.0. The molecule has 6 rings (SSSR count). The maximum Gasteiger partial charge on any atom is 0.226 e. The van der Waals surface area contributed by atoms with Crippen molar-refractivity contribution in [2.45, 2.75) is 18.5 Å². The van der Waals surface area contributed by atoms with E-state index in [-0.39, 0.29) is 24.4 Å². The second kappa shape index (κ2) is 11.3. The molecule has 1 saturated heterocycles. The number of aromatic nitrogens is 1. The van der Waals surface area contributed by atoms with Crippen LogP contribution in [0.5, 0.6) is 0 Å². The molecule has 0 aliphatic carbocycles. The number of nitrogens with one attached hydrogen (secondary N) is 2. The van der Waals surface area contributed by atoms with Crippen LogP contribution in [-0.4, -0.2) is 27.4 Å². The van der Waals surface area contributed by atoms with Crippen LogP contribution in [0.4, 0.5) is 5.69 Å². The third-order valence-corrected chi connectivity index (χ3v) is 8.06. The van der Waals surface area contributed by atoms with Crippen molar-refractivity contribution in [1.82, 2.24) is 15.2 Å². The molecule has 1 aliphatic heterocycles. The van der Waals surface area contributed by atoms with Crippen molar-refractivity contribution in [3.63, 3.8) is 0 Å². The van der Waals surface area contributed by atoms with E-state index in [9.17, 15) is 4.79 Å². The Bertz CT molecular complexity index is 1700. The second-order valence-electron chi connectivity index (χ2n) is 9.48. The molecule has 0 spiro atoms. The van der Waals surface area contributed by atoms with E-state index in [1.807, 2.05) is 83.8 Å². The number of thiocarbonyl (C=S) groups is 1. The lowest BCUT2D eigenvalue weighted by Gasteiger charge is -2.26. The molecule has 40 heavy (non-hydrogen) atoms. The highest BCUT2D eigenvalue weighted by Crippen LogP contribution is 2.41. The van der Waals surface area contributed by atoms with Gasteiger partial charge in [-0.05, 0) is 66.1 Å². The summed E-state index contributed by atoms with van der Waals surface area (Å²) in [7, 11) is 0. The number of hydrogen-bond acceptors (Lipinski definition) is 4. The van der Waals surface area contributed by atoms with Crippen LogP contribution in [0.3, 0.4) is 0 Å². The van der Waals surface area contributed by atoms with Gasteiger partial charge in [0.15, 0.2) is 5.11 Å². The fourth-order valence-electron chi connectivity index (χ4n) is 5.04. The summed E-state index contributed by atoms with van der Waals surface area (Å²) in [6.07, 6.45) is 1.98. The second-order valence-corrected chi connectivity index (χ2v) is 10.7. The number of carbonyl (C=O) groups is 1. The van der Waals surface area contributed by atoms with Crippen LogP contribution in [0.1, 0.15) is 30.0 Å². The van der Waals surface area contributed by atoms with Gasteiger partial charge in [-0.25, -0.2) is 0 Å². The monoisotopic (exact) mass is 586 g/mol. The van der Waals surface area contributed by atoms with Crippen molar-refractivity contribution >= 4 is 62.9 Å². The summed E-state index contributed by atoms with van der Waals surface area (Å²) in [6.45, 7) is 0.388. The van der Waals surface area contributed by atoms with Crippen molar-refractivity contribution in [3.8, 4) is 11.3 Å². The number of fused-ring (bicyclic) bond motifs is 1. The summed E-state index contributed by atoms with van der Waals surface area (Å²) in [5.41, 5.74) is 2.42. The Morgan fingerprint density at radius 2 is 1.80 bits per heavy atom. The molecule has 2 N–H and O–H groups in total. The minimum atomic E-state index is -0.315. The lowest BCUT2D eigenvalue weighted by atomic mass is 10.0. The van der Waals surface area contributed by atoms with E-state index in [0.29, 0.717) is 33.2 Å². The lowest BCUT2D eigenvalue weighted by molar-refractivity contribution is -0.116. The van der Waals surface area contributed by atoms with Gasteiger partial charge in [-0.1, -0.05) is 65.7 Å². The number of carbonyl (C=O) groups excluding carboxylic acids is 1. The van der Waals surface area contributed by atoms with Gasteiger partial charge in [0.1, 0.15) is 17.6 Å².